The number of benzene rings is 1. The number of carbonyl (C=O) groups is 1. The molecule has 0 N–H and O–H groups in total. The van der Waals surface area contributed by atoms with Gasteiger partial charge in [-0.05, 0) is 39.1 Å². The van der Waals surface area contributed by atoms with E-state index >= 15 is 0 Å². The molecular weight excluding hydrogens is 286 g/mol. The number of aryl methyl sites for hydroxylation is 1. The van der Waals surface area contributed by atoms with Gasteiger partial charge < -0.3 is 9.47 Å². The van der Waals surface area contributed by atoms with Crippen molar-refractivity contribution < 1.29 is 4.79 Å². The topological polar surface area (TPSA) is 28.5 Å². The molecular formula is C19H25N3O. The smallest absolute Gasteiger partial charge is 0.178 e. The highest BCUT2D eigenvalue weighted by Crippen LogP contribution is 2.21. The second-order valence-electron chi connectivity index (χ2n) is 6.46. The average molecular weight is 311 g/mol. The normalized spacial score (nSPS) is 16.7. The molecule has 4 heteroatoms. The summed E-state index contributed by atoms with van der Waals surface area (Å²) in [6.07, 6.45) is 0. The van der Waals surface area contributed by atoms with Gasteiger partial charge in [-0.25, -0.2) is 0 Å². The second-order valence-corrected chi connectivity index (χ2v) is 6.46. The summed E-state index contributed by atoms with van der Waals surface area (Å²) in [5.74, 6) is 0.227. The molecule has 1 aliphatic rings. The molecule has 23 heavy (non-hydrogen) atoms. The molecule has 0 aliphatic carbocycles. The van der Waals surface area contributed by atoms with Crippen molar-refractivity contribution in [2.75, 3.05) is 39.8 Å². The van der Waals surface area contributed by atoms with Crippen molar-refractivity contribution in [1.29, 1.82) is 0 Å². The van der Waals surface area contributed by atoms with E-state index in [1.54, 1.807) is 0 Å². The molecule has 0 bridgehead atoms. The van der Waals surface area contributed by atoms with Gasteiger partial charge in [0.25, 0.3) is 0 Å². The Balaban J connectivity index is 1.79. The number of aromatic nitrogens is 1. The van der Waals surface area contributed by atoms with Crippen LogP contribution in [-0.4, -0.2) is 59.9 Å². The van der Waals surface area contributed by atoms with Crippen LogP contribution in [0.2, 0.25) is 0 Å². The Bertz CT molecular complexity index is 682. The molecule has 3 rings (SSSR count). The summed E-state index contributed by atoms with van der Waals surface area (Å²) in [4.78, 5) is 17.3. The number of carbonyl (C=O) groups excluding carboxylic acids is 1. The van der Waals surface area contributed by atoms with Gasteiger partial charge in [-0.3, -0.25) is 9.69 Å². The van der Waals surface area contributed by atoms with Crippen LogP contribution in [0.5, 0.6) is 0 Å². The Kier molecular flexibility index (Phi) is 4.64. The Morgan fingerprint density at radius 2 is 1.70 bits per heavy atom. The van der Waals surface area contributed by atoms with Crippen LogP contribution in [0.25, 0.3) is 5.69 Å². The van der Waals surface area contributed by atoms with E-state index in [0.717, 1.165) is 48.8 Å². The molecule has 1 aromatic heterocycles. The first-order valence-corrected chi connectivity index (χ1v) is 8.24. The van der Waals surface area contributed by atoms with E-state index in [2.05, 4.69) is 40.5 Å². The van der Waals surface area contributed by atoms with Crippen LogP contribution in [-0.2, 0) is 0 Å². The Labute approximate surface area is 138 Å². The van der Waals surface area contributed by atoms with Gasteiger partial charge in [0.15, 0.2) is 5.78 Å². The fraction of sp³-hybridized carbons (Fsp3) is 0.421. The van der Waals surface area contributed by atoms with Crippen molar-refractivity contribution >= 4 is 5.78 Å². The highest BCUT2D eigenvalue weighted by atomic mass is 16.1. The number of nitrogens with zero attached hydrogens (tertiary/aromatic N) is 3. The standard InChI is InChI=1S/C19H25N3O/c1-15-13-18(16(2)22(15)17-7-5-4-6-8-17)19(23)14-21-11-9-20(3)10-12-21/h4-8,13H,9-12,14H2,1-3H3. The maximum atomic E-state index is 12.7. The SMILES string of the molecule is Cc1cc(C(=O)CN2CCN(C)CC2)c(C)n1-c1ccccc1. The predicted octanol–water partition coefficient (Wildman–Crippen LogP) is 2.52. The molecule has 0 atom stereocenters. The molecule has 2 heterocycles. The number of likely N-dealkylation sites (N-methyl/N-ethyl adjacent to an activating group) is 1. The number of para-hydroxylation sites is 1. The van der Waals surface area contributed by atoms with E-state index in [-0.39, 0.29) is 5.78 Å². The van der Waals surface area contributed by atoms with E-state index in [1.165, 1.54) is 0 Å². The lowest BCUT2D eigenvalue weighted by Gasteiger charge is -2.31. The third-order valence-electron chi connectivity index (χ3n) is 4.71. The van der Waals surface area contributed by atoms with Gasteiger partial charge in [-0.2, -0.15) is 0 Å². The highest BCUT2D eigenvalue weighted by Gasteiger charge is 2.21. The Morgan fingerprint density at radius 1 is 1.04 bits per heavy atom. The van der Waals surface area contributed by atoms with Crippen molar-refractivity contribution in [3.63, 3.8) is 0 Å². The predicted molar refractivity (Wildman–Crippen MR) is 93.5 cm³/mol. The molecule has 1 aromatic carbocycles. The Hall–Kier alpha value is -1.91. The molecule has 2 aromatic rings. The summed E-state index contributed by atoms with van der Waals surface area (Å²) in [6.45, 7) is 8.64. The molecule has 4 nitrogen and oxygen atoms in total. The van der Waals surface area contributed by atoms with E-state index in [9.17, 15) is 4.79 Å². The van der Waals surface area contributed by atoms with Crippen LogP contribution >= 0.6 is 0 Å². The van der Waals surface area contributed by atoms with E-state index in [1.807, 2.05) is 31.2 Å². The van der Waals surface area contributed by atoms with Crippen molar-refractivity contribution in [3.8, 4) is 5.69 Å². The summed E-state index contributed by atoms with van der Waals surface area (Å²) >= 11 is 0. The van der Waals surface area contributed by atoms with Crippen LogP contribution in [0.3, 0.4) is 0 Å². The summed E-state index contributed by atoms with van der Waals surface area (Å²) in [7, 11) is 2.13. The molecule has 0 unspecified atom stereocenters. The maximum Gasteiger partial charge on any atom is 0.178 e. The van der Waals surface area contributed by atoms with Gasteiger partial charge in [0.2, 0.25) is 0 Å². The number of hydrogen-bond donors (Lipinski definition) is 0. The first-order valence-electron chi connectivity index (χ1n) is 8.24. The lowest BCUT2D eigenvalue weighted by molar-refractivity contribution is 0.0876. The number of hydrogen-bond acceptors (Lipinski definition) is 3. The minimum atomic E-state index is 0.227. The summed E-state index contributed by atoms with van der Waals surface area (Å²) < 4.78 is 2.16. The quantitative estimate of drug-likeness (QED) is 0.812. The van der Waals surface area contributed by atoms with Crippen molar-refractivity contribution in [3.05, 3.63) is 53.3 Å². The first-order chi connectivity index (χ1) is 11.1. The molecule has 0 saturated carbocycles. The molecule has 1 saturated heterocycles. The number of rotatable bonds is 4. The molecule has 122 valence electrons. The van der Waals surface area contributed by atoms with Crippen molar-refractivity contribution in [2.45, 2.75) is 13.8 Å². The lowest BCUT2D eigenvalue weighted by Crippen LogP contribution is -2.46. The van der Waals surface area contributed by atoms with Gasteiger partial charge in [-0.1, -0.05) is 18.2 Å². The van der Waals surface area contributed by atoms with Gasteiger partial charge in [0.05, 0.1) is 6.54 Å². The molecule has 1 aliphatic heterocycles. The van der Waals surface area contributed by atoms with Crippen molar-refractivity contribution in [1.82, 2.24) is 14.4 Å². The second kappa shape index (κ2) is 6.69. The summed E-state index contributed by atoms with van der Waals surface area (Å²) in [6, 6.07) is 12.3. The van der Waals surface area contributed by atoms with E-state index < -0.39 is 0 Å². The van der Waals surface area contributed by atoms with Crippen molar-refractivity contribution in [2.24, 2.45) is 0 Å². The van der Waals surface area contributed by atoms with E-state index in [4.69, 9.17) is 0 Å². The summed E-state index contributed by atoms with van der Waals surface area (Å²) in [5, 5.41) is 0. The first kappa shape index (κ1) is 16.0. The minimum Gasteiger partial charge on any atom is -0.318 e. The van der Waals surface area contributed by atoms with Gasteiger partial charge in [-0.15, -0.1) is 0 Å². The highest BCUT2D eigenvalue weighted by molar-refractivity contribution is 5.99. The number of Topliss-reactive ketones (excluding diaryl/α,β-unsaturated/α-hetero) is 1. The van der Waals surface area contributed by atoms with Gasteiger partial charge >= 0.3 is 0 Å². The number of ketones is 1. The van der Waals surface area contributed by atoms with Crippen LogP contribution in [0.15, 0.2) is 36.4 Å². The average Bonchev–Trinajstić information content (AvgIpc) is 2.85. The van der Waals surface area contributed by atoms with E-state index in [0.29, 0.717) is 6.54 Å². The zero-order valence-corrected chi connectivity index (χ0v) is 14.2. The largest absolute Gasteiger partial charge is 0.318 e. The van der Waals surface area contributed by atoms with Crippen LogP contribution in [0.4, 0.5) is 0 Å². The van der Waals surface area contributed by atoms with Gasteiger partial charge in [0.1, 0.15) is 0 Å². The monoisotopic (exact) mass is 311 g/mol. The fourth-order valence-electron chi connectivity index (χ4n) is 3.31. The number of piperazine rings is 1. The molecule has 1 fully saturated rings. The lowest BCUT2D eigenvalue weighted by atomic mass is 10.1. The molecule has 0 spiro atoms. The summed E-state index contributed by atoms with van der Waals surface area (Å²) in [5.41, 5.74) is 4.11. The molecule has 0 radical (unpaired) electrons. The zero-order valence-electron chi connectivity index (χ0n) is 14.2. The van der Waals surface area contributed by atoms with Crippen LogP contribution in [0, 0.1) is 13.8 Å². The zero-order chi connectivity index (χ0) is 16.4. The van der Waals surface area contributed by atoms with Crippen LogP contribution in [0.1, 0.15) is 21.7 Å². The maximum absolute atomic E-state index is 12.7. The third kappa shape index (κ3) is 3.38. The molecule has 0 amide bonds. The van der Waals surface area contributed by atoms with Crippen LogP contribution < -0.4 is 0 Å². The third-order valence-corrected chi connectivity index (χ3v) is 4.71. The van der Waals surface area contributed by atoms with Gasteiger partial charge in [0, 0.05) is 48.8 Å². The Morgan fingerprint density at radius 3 is 2.35 bits per heavy atom. The minimum absolute atomic E-state index is 0.227. The fourth-order valence-corrected chi connectivity index (χ4v) is 3.31.